The maximum absolute atomic E-state index is 9.41. The quantitative estimate of drug-likeness (QED) is 0.856. The van der Waals surface area contributed by atoms with E-state index >= 15 is 0 Å². The average Bonchev–Trinajstić information content (AvgIpc) is 2.86. The largest absolute Gasteiger partial charge is 0.394 e. The molecule has 3 rings (SSSR count). The third-order valence-electron chi connectivity index (χ3n) is 3.52. The molecule has 1 aromatic heterocycles. The van der Waals surface area contributed by atoms with Crippen molar-refractivity contribution >= 4 is 16.6 Å². The van der Waals surface area contributed by atoms with Crippen molar-refractivity contribution in [3.05, 3.63) is 36.5 Å². The van der Waals surface area contributed by atoms with Gasteiger partial charge in [0.15, 0.2) is 0 Å². The molecule has 0 aliphatic carbocycles. The smallest absolute Gasteiger partial charge is 0.0722 e. The van der Waals surface area contributed by atoms with Crippen LogP contribution in [0.3, 0.4) is 0 Å². The molecule has 0 radical (unpaired) electrons. The highest BCUT2D eigenvalue weighted by molar-refractivity contribution is 5.91. The summed E-state index contributed by atoms with van der Waals surface area (Å²) in [6, 6.07) is 10.5. The van der Waals surface area contributed by atoms with Gasteiger partial charge in [-0.15, -0.1) is 0 Å². The van der Waals surface area contributed by atoms with Crippen LogP contribution in [0.4, 0.5) is 5.69 Å². The summed E-state index contributed by atoms with van der Waals surface area (Å²) in [5.74, 6) is 0. The van der Waals surface area contributed by atoms with Crippen molar-refractivity contribution in [3.8, 4) is 0 Å². The lowest BCUT2D eigenvalue weighted by atomic mass is 10.1. The zero-order valence-electron chi connectivity index (χ0n) is 9.71. The van der Waals surface area contributed by atoms with Crippen molar-refractivity contribution in [2.75, 3.05) is 18.1 Å². The third kappa shape index (κ3) is 1.76. The lowest BCUT2D eigenvalue weighted by molar-refractivity contribution is 0.266. The molecule has 3 heteroatoms. The molecule has 1 aliphatic heterocycles. The first-order valence-electron chi connectivity index (χ1n) is 6.11. The summed E-state index contributed by atoms with van der Waals surface area (Å²) < 4.78 is 0. The fourth-order valence-electron chi connectivity index (χ4n) is 2.67. The van der Waals surface area contributed by atoms with Gasteiger partial charge in [-0.25, -0.2) is 0 Å². The van der Waals surface area contributed by atoms with Gasteiger partial charge in [0, 0.05) is 23.8 Å². The third-order valence-corrected chi connectivity index (χ3v) is 3.52. The molecule has 1 N–H and O–H groups in total. The Morgan fingerprint density at radius 2 is 2.18 bits per heavy atom. The van der Waals surface area contributed by atoms with Crippen LogP contribution in [0.15, 0.2) is 36.5 Å². The first-order valence-corrected chi connectivity index (χ1v) is 6.11. The highest BCUT2D eigenvalue weighted by atomic mass is 16.3. The second kappa shape index (κ2) is 4.34. The van der Waals surface area contributed by atoms with Gasteiger partial charge in [-0.1, -0.05) is 18.2 Å². The molecule has 1 fully saturated rings. The van der Waals surface area contributed by atoms with Crippen molar-refractivity contribution in [2.24, 2.45) is 0 Å². The van der Waals surface area contributed by atoms with E-state index in [-0.39, 0.29) is 12.6 Å². The van der Waals surface area contributed by atoms with E-state index in [9.17, 15) is 5.11 Å². The fourth-order valence-corrected chi connectivity index (χ4v) is 2.67. The van der Waals surface area contributed by atoms with E-state index in [1.165, 1.54) is 11.1 Å². The van der Waals surface area contributed by atoms with E-state index in [1.54, 1.807) is 0 Å². The topological polar surface area (TPSA) is 36.4 Å². The van der Waals surface area contributed by atoms with Crippen LogP contribution in [0.2, 0.25) is 0 Å². The van der Waals surface area contributed by atoms with Gasteiger partial charge < -0.3 is 10.0 Å². The highest BCUT2D eigenvalue weighted by Crippen LogP contribution is 2.30. The Morgan fingerprint density at radius 1 is 1.29 bits per heavy atom. The Kier molecular flexibility index (Phi) is 2.69. The summed E-state index contributed by atoms with van der Waals surface area (Å²) in [5, 5.41) is 10.6. The molecule has 1 saturated heterocycles. The second-order valence-corrected chi connectivity index (χ2v) is 4.52. The number of nitrogens with zero attached hydrogens (tertiary/aromatic N) is 2. The Hall–Kier alpha value is -1.61. The predicted octanol–water partition coefficient (Wildman–Crippen LogP) is 2.20. The SMILES string of the molecule is OC[C@H]1CCCN1c1ccnc2ccccc12. The molecular weight excluding hydrogens is 212 g/mol. The molecule has 0 bridgehead atoms. The molecule has 17 heavy (non-hydrogen) atoms. The lowest BCUT2D eigenvalue weighted by Gasteiger charge is -2.26. The van der Waals surface area contributed by atoms with E-state index in [1.807, 2.05) is 24.4 Å². The number of pyridine rings is 1. The molecule has 0 amide bonds. The van der Waals surface area contributed by atoms with Crippen LogP contribution in [0.1, 0.15) is 12.8 Å². The van der Waals surface area contributed by atoms with Gasteiger partial charge in [0.1, 0.15) is 0 Å². The summed E-state index contributed by atoms with van der Waals surface area (Å²) in [6.45, 7) is 1.26. The van der Waals surface area contributed by atoms with Gasteiger partial charge >= 0.3 is 0 Å². The van der Waals surface area contributed by atoms with Crippen molar-refractivity contribution in [2.45, 2.75) is 18.9 Å². The standard InChI is InChI=1S/C14H16N2O/c17-10-11-4-3-9-16(11)14-7-8-15-13-6-2-1-5-12(13)14/h1-2,5-8,11,17H,3-4,9-10H2/t11-/m1/s1. The zero-order chi connectivity index (χ0) is 11.7. The van der Waals surface area contributed by atoms with Gasteiger partial charge in [-0.3, -0.25) is 4.98 Å². The predicted molar refractivity (Wildman–Crippen MR) is 69.2 cm³/mol. The number of fused-ring (bicyclic) bond motifs is 1. The van der Waals surface area contributed by atoms with Gasteiger partial charge in [0.2, 0.25) is 0 Å². The molecular formula is C14H16N2O. The molecule has 0 spiro atoms. The van der Waals surface area contributed by atoms with Gasteiger partial charge in [0.05, 0.1) is 18.2 Å². The van der Waals surface area contributed by atoms with Gasteiger partial charge in [0.25, 0.3) is 0 Å². The maximum atomic E-state index is 9.41. The van der Waals surface area contributed by atoms with Crippen molar-refractivity contribution in [1.29, 1.82) is 0 Å². The maximum Gasteiger partial charge on any atom is 0.0722 e. The molecule has 0 unspecified atom stereocenters. The van der Waals surface area contributed by atoms with E-state index < -0.39 is 0 Å². The zero-order valence-corrected chi connectivity index (χ0v) is 9.71. The van der Waals surface area contributed by atoms with E-state index in [4.69, 9.17) is 0 Å². The number of benzene rings is 1. The average molecular weight is 228 g/mol. The van der Waals surface area contributed by atoms with E-state index in [2.05, 4.69) is 22.0 Å². The van der Waals surface area contributed by atoms with E-state index in [0.717, 1.165) is 24.9 Å². The first kappa shape index (κ1) is 10.5. The summed E-state index contributed by atoms with van der Waals surface area (Å²) in [4.78, 5) is 6.68. The number of anilines is 1. The normalized spacial score (nSPS) is 20.1. The Labute approximate surface area is 101 Å². The molecule has 3 nitrogen and oxygen atoms in total. The van der Waals surface area contributed by atoms with Crippen molar-refractivity contribution < 1.29 is 5.11 Å². The molecule has 88 valence electrons. The van der Waals surface area contributed by atoms with Crippen LogP contribution in [-0.4, -0.2) is 29.3 Å². The lowest BCUT2D eigenvalue weighted by Crippen LogP contribution is -2.32. The Morgan fingerprint density at radius 3 is 3.06 bits per heavy atom. The summed E-state index contributed by atoms with van der Waals surface area (Å²) >= 11 is 0. The van der Waals surface area contributed by atoms with Crippen LogP contribution in [0, 0.1) is 0 Å². The van der Waals surface area contributed by atoms with Crippen LogP contribution in [0.25, 0.3) is 10.9 Å². The monoisotopic (exact) mass is 228 g/mol. The number of para-hydroxylation sites is 1. The summed E-state index contributed by atoms with van der Waals surface area (Å²) in [6.07, 6.45) is 4.08. The van der Waals surface area contributed by atoms with Crippen LogP contribution in [-0.2, 0) is 0 Å². The van der Waals surface area contributed by atoms with E-state index in [0.29, 0.717) is 0 Å². The fraction of sp³-hybridized carbons (Fsp3) is 0.357. The van der Waals surface area contributed by atoms with Gasteiger partial charge in [-0.2, -0.15) is 0 Å². The minimum atomic E-state index is 0.233. The molecule has 1 aliphatic rings. The van der Waals surface area contributed by atoms with Crippen molar-refractivity contribution in [1.82, 2.24) is 4.98 Å². The minimum absolute atomic E-state index is 0.233. The number of rotatable bonds is 2. The summed E-state index contributed by atoms with van der Waals surface area (Å²) in [7, 11) is 0. The number of hydrogen-bond acceptors (Lipinski definition) is 3. The Balaban J connectivity index is 2.10. The molecule has 1 aromatic carbocycles. The number of hydrogen-bond donors (Lipinski definition) is 1. The minimum Gasteiger partial charge on any atom is -0.394 e. The second-order valence-electron chi connectivity index (χ2n) is 4.52. The van der Waals surface area contributed by atoms with Gasteiger partial charge in [-0.05, 0) is 25.0 Å². The number of aromatic nitrogens is 1. The van der Waals surface area contributed by atoms with Crippen LogP contribution >= 0.6 is 0 Å². The molecule has 2 heterocycles. The molecule has 0 saturated carbocycles. The first-order chi connectivity index (χ1) is 8.40. The molecule has 1 atom stereocenters. The van der Waals surface area contributed by atoms with Crippen LogP contribution in [0.5, 0.6) is 0 Å². The Bertz CT molecular complexity index is 521. The number of aliphatic hydroxyl groups excluding tert-OH is 1. The highest BCUT2D eigenvalue weighted by Gasteiger charge is 2.24. The summed E-state index contributed by atoms with van der Waals surface area (Å²) in [5.41, 5.74) is 2.22. The van der Waals surface area contributed by atoms with Crippen LogP contribution < -0.4 is 4.90 Å². The number of aliphatic hydroxyl groups is 1. The molecule has 2 aromatic rings. The van der Waals surface area contributed by atoms with Crippen molar-refractivity contribution in [3.63, 3.8) is 0 Å².